The van der Waals surface area contributed by atoms with Crippen molar-refractivity contribution in [1.82, 2.24) is 0 Å². The van der Waals surface area contributed by atoms with Crippen LogP contribution in [-0.2, 0) is 0 Å². The van der Waals surface area contributed by atoms with Crippen molar-refractivity contribution in [3.63, 3.8) is 0 Å². The highest BCUT2D eigenvalue weighted by Gasteiger charge is 2.00. The van der Waals surface area contributed by atoms with Crippen molar-refractivity contribution >= 4 is 66.9 Å². The summed E-state index contributed by atoms with van der Waals surface area (Å²) in [4.78, 5) is 0. The van der Waals surface area contributed by atoms with Crippen molar-refractivity contribution in [2.24, 2.45) is 0 Å². The van der Waals surface area contributed by atoms with E-state index in [9.17, 15) is 0 Å². The van der Waals surface area contributed by atoms with Crippen LogP contribution in [-0.4, -0.2) is 26.8 Å². The van der Waals surface area contributed by atoms with Crippen molar-refractivity contribution < 1.29 is 0 Å². The minimum Gasteiger partial charge on any atom is -0.273 e. The molecule has 0 amide bonds. The Kier molecular flexibility index (Phi) is 18.9. The third-order valence-electron chi connectivity index (χ3n) is 0. The van der Waals surface area contributed by atoms with Crippen LogP contribution >= 0.6 is 40.2 Å². The van der Waals surface area contributed by atoms with Crippen molar-refractivity contribution in [2.75, 3.05) is 0 Å². The lowest BCUT2D eigenvalue weighted by molar-refractivity contribution is 4.07. The first-order valence-electron chi connectivity index (χ1n) is 1.03. The second-order valence-electron chi connectivity index (χ2n) is 0.247. The maximum absolute atomic E-state index is 4.94. The van der Waals surface area contributed by atoms with Crippen molar-refractivity contribution in [2.45, 2.75) is 0 Å². The smallest absolute Gasteiger partial charge is 0.273 e. The van der Waals surface area contributed by atoms with E-state index in [2.05, 4.69) is 0 Å². The molecule has 6 heteroatoms. The quantitative estimate of drug-likeness (QED) is 0.516. The SMILES string of the molecule is [AlH2][Cl].[Cl][Al]([Cl])[Cl]. The van der Waals surface area contributed by atoms with Gasteiger partial charge in [0.05, 0.1) is 0 Å². The average Bonchev–Trinajstić information content (AvgIpc) is 1.41. The summed E-state index contributed by atoms with van der Waals surface area (Å²) in [6.45, 7) is 0. The molecule has 0 aliphatic heterocycles. The zero-order valence-corrected chi connectivity index (χ0v) is 9.27. The Labute approximate surface area is 66.3 Å². The molecular weight excluding hydrogens is 196 g/mol. The van der Waals surface area contributed by atoms with E-state index in [0.29, 0.717) is 0 Å². The largest absolute Gasteiger partial charge is 0.643 e. The number of rotatable bonds is 0. The lowest BCUT2D eigenvalue weighted by atomic mass is 26.6. The second kappa shape index (κ2) is 10.3. The zero-order valence-electron chi connectivity index (χ0n) is 3.09. The molecular formula is H2Al2Cl4. The van der Waals surface area contributed by atoms with Gasteiger partial charge in [-0.3, -0.25) is 10.0 Å². The number of hydrogen-bond acceptors (Lipinski definition) is 0. The summed E-state index contributed by atoms with van der Waals surface area (Å²) in [5.74, 6) is 0. The van der Waals surface area contributed by atoms with E-state index in [1.54, 1.807) is 0 Å². The topological polar surface area (TPSA) is 0 Å². The summed E-state index contributed by atoms with van der Waals surface area (Å²) < 4.78 is 0. The van der Waals surface area contributed by atoms with E-state index in [1.807, 2.05) is 0 Å². The fraction of sp³-hybridized carbons (Fsp3) is 0. The summed E-state index contributed by atoms with van der Waals surface area (Å²) in [5, 5.41) is 0. The monoisotopic (exact) mass is 196 g/mol. The molecule has 0 rings (SSSR count). The van der Waals surface area contributed by atoms with E-state index in [1.165, 1.54) is 0 Å². The first-order valence-corrected chi connectivity index (χ1v) is 9.29. The standard InChI is InChI=1S/2Al.4ClH.2H/h;;4*1H;;/q+1;+3;;;;;;/p-4. The average molecular weight is 198 g/mol. The minimum absolute atomic E-state index is 0.778. The first kappa shape index (κ1) is 11.1. The Morgan fingerprint density at radius 3 is 1.00 bits per heavy atom. The molecule has 0 spiro atoms. The maximum Gasteiger partial charge on any atom is 0.643 e. The van der Waals surface area contributed by atoms with Crippen LogP contribution in [0.4, 0.5) is 0 Å². The van der Waals surface area contributed by atoms with E-state index in [0.717, 1.165) is 15.4 Å². The Morgan fingerprint density at radius 2 is 1.00 bits per heavy atom. The van der Waals surface area contributed by atoms with Crippen LogP contribution in [0.15, 0.2) is 0 Å². The van der Waals surface area contributed by atoms with Gasteiger partial charge in [0.1, 0.15) is 0 Å². The third kappa shape index (κ3) is 34.3. The highest BCUT2D eigenvalue weighted by atomic mass is 35.8. The molecule has 0 unspecified atom stereocenters. The molecule has 0 aliphatic carbocycles. The molecule has 0 aromatic rings. The summed E-state index contributed by atoms with van der Waals surface area (Å²) in [6, 6.07) is 0. The molecule has 0 bridgehead atoms. The first-order chi connectivity index (χ1) is 2.73. The van der Waals surface area contributed by atoms with Gasteiger partial charge in [0.2, 0.25) is 0 Å². The normalized spacial score (nSPS) is 5.33. The predicted molar refractivity (Wildman–Crippen MR) is 37.7 cm³/mol. The molecule has 6 heavy (non-hydrogen) atoms. The molecule has 0 aliphatic rings. The van der Waals surface area contributed by atoms with Gasteiger partial charge in [-0.1, -0.05) is 0 Å². The molecule has 0 N–H and O–H groups in total. The summed E-state index contributed by atoms with van der Waals surface area (Å²) >= 11 is -0.944. The molecule has 0 fully saturated rings. The molecule has 0 radical (unpaired) electrons. The van der Waals surface area contributed by atoms with E-state index in [4.69, 9.17) is 40.2 Å². The van der Waals surface area contributed by atoms with Crippen LogP contribution in [0.2, 0.25) is 0 Å². The van der Waals surface area contributed by atoms with Gasteiger partial charge in [0.25, 0.3) is 0 Å². The highest BCUT2D eigenvalue weighted by Crippen LogP contribution is 1.97. The summed E-state index contributed by atoms with van der Waals surface area (Å²) in [7, 11) is 19.6. The van der Waals surface area contributed by atoms with E-state index >= 15 is 0 Å². The predicted octanol–water partition coefficient (Wildman–Crippen LogP) is 1.46. The molecule has 0 saturated heterocycles. The van der Waals surface area contributed by atoms with Gasteiger partial charge in [0.15, 0.2) is 0 Å². The van der Waals surface area contributed by atoms with E-state index in [-0.39, 0.29) is 0 Å². The molecule has 0 atom stereocenters. The molecule has 0 saturated carbocycles. The maximum atomic E-state index is 4.94. The van der Waals surface area contributed by atoms with Gasteiger partial charge in [-0.25, -0.2) is 30.1 Å². The second-order valence-corrected chi connectivity index (χ2v) is 6.68. The van der Waals surface area contributed by atoms with Crippen LogP contribution < -0.4 is 0 Å². The third-order valence-corrected chi connectivity index (χ3v) is 0. The summed E-state index contributed by atoms with van der Waals surface area (Å²) in [5.41, 5.74) is 0. The van der Waals surface area contributed by atoms with Gasteiger partial charge in [-0.2, -0.15) is 0 Å². The Morgan fingerprint density at radius 1 is 1.00 bits per heavy atom. The fourth-order valence-electron chi connectivity index (χ4n) is 0. The summed E-state index contributed by atoms with van der Waals surface area (Å²) in [6.07, 6.45) is 0. The number of hydrogen-bond donors (Lipinski definition) is 0. The van der Waals surface area contributed by atoms with Crippen molar-refractivity contribution in [3.8, 4) is 0 Å². The van der Waals surface area contributed by atoms with Gasteiger partial charge in [0, 0.05) is 0 Å². The lowest BCUT2D eigenvalue weighted by Gasteiger charge is -1.57. The molecule has 0 heterocycles. The van der Waals surface area contributed by atoms with Crippen LogP contribution in [0.5, 0.6) is 0 Å². The molecule has 0 aromatic heterocycles. The van der Waals surface area contributed by atoms with Crippen LogP contribution in [0.1, 0.15) is 0 Å². The Balaban J connectivity index is 0. The molecule has 0 aromatic carbocycles. The molecule has 36 valence electrons. The highest BCUT2D eigenvalue weighted by molar-refractivity contribution is 7.54. The Hall–Kier alpha value is 2.22. The van der Waals surface area contributed by atoms with Crippen molar-refractivity contribution in [1.29, 1.82) is 0 Å². The van der Waals surface area contributed by atoms with Gasteiger partial charge in [-0.05, 0) is 0 Å². The van der Waals surface area contributed by atoms with Crippen LogP contribution in [0.3, 0.4) is 0 Å². The van der Waals surface area contributed by atoms with Gasteiger partial charge in [-0.15, -0.1) is 0 Å². The minimum atomic E-state index is -1.72. The fourth-order valence-corrected chi connectivity index (χ4v) is 0. The van der Waals surface area contributed by atoms with Crippen LogP contribution in [0.25, 0.3) is 0 Å². The van der Waals surface area contributed by atoms with E-state index < -0.39 is 11.4 Å². The zero-order chi connectivity index (χ0) is 5.58. The van der Waals surface area contributed by atoms with Crippen LogP contribution in [0, 0.1) is 0 Å². The lowest BCUT2D eigenvalue weighted by Crippen LogP contribution is -1.66. The van der Waals surface area contributed by atoms with Crippen molar-refractivity contribution in [3.05, 3.63) is 0 Å². The van der Waals surface area contributed by atoms with Gasteiger partial charge < -0.3 is 0 Å². The van der Waals surface area contributed by atoms with Gasteiger partial charge >= 0.3 is 26.8 Å². The Bertz CT molecular complexity index is 10.3. The number of halogens is 4. The molecule has 0 nitrogen and oxygen atoms in total.